The van der Waals surface area contributed by atoms with Crippen LogP contribution in [0.25, 0.3) is 10.8 Å². The van der Waals surface area contributed by atoms with Crippen molar-refractivity contribution >= 4 is 16.5 Å². The van der Waals surface area contributed by atoms with E-state index in [1.165, 1.54) is 16.5 Å². The monoisotopic (exact) mass is 498 g/mol. The van der Waals surface area contributed by atoms with E-state index in [1.807, 2.05) is 36.4 Å². The molecule has 1 aliphatic heterocycles. The van der Waals surface area contributed by atoms with E-state index >= 15 is 0 Å². The van der Waals surface area contributed by atoms with Crippen molar-refractivity contribution in [2.24, 2.45) is 0 Å². The zero-order valence-corrected chi connectivity index (χ0v) is 21.0. The van der Waals surface area contributed by atoms with Gasteiger partial charge in [-0.05, 0) is 65.2 Å². The summed E-state index contributed by atoms with van der Waals surface area (Å²) in [5, 5.41) is 15.7. The molecule has 37 heavy (non-hydrogen) atoms. The Labute approximate surface area is 218 Å². The van der Waals surface area contributed by atoms with E-state index in [0.29, 0.717) is 38.6 Å². The van der Waals surface area contributed by atoms with E-state index < -0.39 is 0 Å². The zero-order chi connectivity index (χ0) is 25.3. The van der Waals surface area contributed by atoms with E-state index in [2.05, 4.69) is 58.7 Å². The highest BCUT2D eigenvalue weighted by Gasteiger charge is 2.23. The first-order valence-corrected chi connectivity index (χ1v) is 12.9. The van der Waals surface area contributed by atoms with Crippen molar-refractivity contribution in [1.82, 2.24) is 5.32 Å². The first kappa shape index (κ1) is 24.9. The molecule has 6 nitrogen and oxygen atoms in total. The summed E-state index contributed by atoms with van der Waals surface area (Å²) in [7, 11) is 0. The van der Waals surface area contributed by atoms with Crippen molar-refractivity contribution in [3.63, 3.8) is 0 Å². The number of nitrogens with one attached hydrogen (secondary N) is 1. The van der Waals surface area contributed by atoms with Crippen LogP contribution < -0.4 is 19.7 Å². The zero-order valence-electron chi connectivity index (χ0n) is 21.0. The van der Waals surface area contributed by atoms with Gasteiger partial charge in [-0.3, -0.25) is 0 Å². The van der Waals surface area contributed by atoms with Crippen molar-refractivity contribution in [1.29, 1.82) is 0 Å². The molecule has 5 rings (SSSR count). The van der Waals surface area contributed by atoms with E-state index in [-0.39, 0.29) is 6.04 Å². The Morgan fingerprint density at radius 2 is 1.57 bits per heavy atom. The van der Waals surface area contributed by atoms with Crippen LogP contribution in [0.3, 0.4) is 0 Å². The minimum Gasteiger partial charge on any atom is -0.508 e. The lowest BCUT2D eigenvalue weighted by atomic mass is 10.1. The largest absolute Gasteiger partial charge is 0.508 e. The van der Waals surface area contributed by atoms with E-state index in [9.17, 15) is 5.11 Å². The molecular formula is C31H34N2O4. The third-order valence-electron chi connectivity index (χ3n) is 6.69. The topological polar surface area (TPSA) is 63.2 Å². The molecule has 1 saturated heterocycles. The summed E-state index contributed by atoms with van der Waals surface area (Å²) in [6, 6.07) is 30.4. The molecule has 2 N–H and O–H groups in total. The summed E-state index contributed by atoms with van der Waals surface area (Å²) in [6.45, 7) is 4.90. The number of phenolic OH excluding ortho intramolecular Hbond substituents is 1. The van der Waals surface area contributed by atoms with Gasteiger partial charge in [-0.1, -0.05) is 48.5 Å². The molecule has 0 amide bonds. The number of phenols is 1. The predicted molar refractivity (Wildman–Crippen MR) is 148 cm³/mol. The summed E-state index contributed by atoms with van der Waals surface area (Å²) in [6.07, 6.45) is 0.678. The van der Waals surface area contributed by atoms with Gasteiger partial charge in [-0.15, -0.1) is 0 Å². The summed E-state index contributed by atoms with van der Waals surface area (Å²) in [5.41, 5.74) is 2.06. The van der Waals surface area contributed by atoms with Crippen LogP contribution in [0.2, 0.25) is 0 Å². The number of para-hydroxylation sites is 1. The van der Waals surface area contributed by atoms with Gasteiger partial charge in [0.15, 0.2) is 0 Å². The van der Waals surface area contributed by atoms with Crippen molar-refractivity contribution in [2.75, 3.05) is 51.0 Å². The van der Waals surface area contributed by atoms with Crippen LogP contribution in [0.15, 0.2) is 91.0 Å². The number of benzene rings is 4. The third kappa shape index (κ3) is 6.73. The van der Waals surface area contributed by atoms with Gasteiger partial charge in [0, 0.05) is 25.3 Å². The summed E-state index contributed by atoms with van der Waals surface area (Å²) < 4.78 is 17.7. The highest BCUT2D eigenvalue weighted by atomic mass is 16.5. The molecule has 4 aromatic rings. The van der Waals surface area contributed by atoms with Crippen molar-refractivity contribution < 1.29 is 19.3 Å². The first-order valence-electron chi connectivity index (χ1n) is 12.9. The Kier molecular flexibility index (Phi) is 8.41. The first-order chi connectivity index (χ1) is 18.3. The number of fused-ring (bicyclic) bond motifs is 1. The number of piperazine rings is 1. The van der Waals surface area contributed by atoms with Gasteiger partial charge < -0.3 is 29.5 Å². The Balaban J connectivity index is 1.08. The molecule has 4 aromatic carbocycles. The van der Waals surface area contributed by atoms with Crippen LogP contribution in [0.4, 0.5) is 5.69 Å². The third-order valence-corrected chi connectivity index (χ3v) is 6.69. The Hall–Kier alpha value is -3.74. The predicted octanol–water partition coefficient (Wildman–Crippen LogP) is 5.04. The minimum atomic E-state index is 0.240. The molecule has 0 aliphatic carbocycles. The molecule has 0 saturated carbocycles. The van der Waals surface area contributed by atoms with Crippen LogP contribution in [-0.4, -0.2) is 57.2 Å². The number of aromatic hydroxyl groups is 1. The van der Waals surface area contributed by atoms with Crippen LogP contribution >= 0.6 is 0 Å². The van der Waals surface area contributed by atoms with Crippen LogP contribution in [-0.2, 0) is 11.2 Å². The fraction of sp³-hybridized carbons (Fsp3) is 0.290. The van der Waals surface area contributed by atoms with Crippen molar-refractivity contribution in [2.45, 2.75) is 12.5 Å². The Bertz CT molecular complexity index is 1280. The van der Waals surface area contributed by atoms with Crippen LogP contribution in [0.5, 0.6) is 17.2 Å². The molecule has 1 atom stereocenters. The van der Waals surface area contributed by atoms with E-state index in [1.54, 1.807) is 6.07 Å². The van der Waals surface area contributed by atoms with Gasteiger partial charge in [0.2, 0.25) is 0 Å². The molecule has 0 spiro atoms. The van der Waals surface area contributed by atoms with Gasteiger partial charge in [-0.2, -0.15) is 0 Å². The SMILES string of the molecule is Oc1ccccc1CCOCCOc1ccc(N2CCNC[C@@H]2COc2ccc3ccccc3c2)cc1. The minimum absolute atomic E-state index is 0.240. The van der Waals surface area contributed by atoms with Crippen molar-refractivity contribution in [3.8, 4) is 17.2 Å². The quantitative estimate of drug-likeness (QED) is 0.283. The number of hydrogen-bond acceptors (Lipinski definition) is 6. The lowest BCUT2D eigenvalue weighted by molar-refractivity contribution is 0.102. The molecule has 0 radical (unpaired) electrons. The summed E-state index contributed by atoms with van der Waals surface area (Å²) >= 11 is 0. The second-order valence-electron chi connectivity index (χ2n) is 9.20. The molecule has 0 aromatic heterocycles. The van der Waals surface area contributed by atoms with Crippen LogP contribution in [0.1, 0.15) is 5.56 Å². The molecule has 1 aliphatic rings. The van der Waals surface area contributed by atoms with E-state index in [4.69, 9.17) is 14.2 Å². The number of rotatable bonds is 11. The number of nitrogens with zero attached hydrogens (tertiary/aromatic N) is 1. The van der Waals surface area contributed by atoms with Gasteiger partial charge in [0.25, 0.3) is 0 Å². The fourth-order valence-corrected chi connectivity index (χ4v) is 4.66. The Morgan fingerprint density at radius 3 is 2.43 bits per heavy atom. The average Bonchev–Trinajstić information content (AvgIpc) is 2.95. The molecule has 1 heterocycles. The van der Waals surface area contributed by atoms with Gasteiger partial charge in [0.05, 0.1) is 19.3 Å². The highest BCUT2D eigenvalue weighted by molar-refractivity contribution is 5.83. The molecule has 192 valence electrons. The number of hydrogen-bond donors (Lipinski definition) is 2. The van der Waals surface area contributed by atoms with E-state index in [0.717, 1.165) is 36.7 Å². The molecule has 6 heteroatoms. The lowest BCUT2D eigenvalue weighted by Crippen LogP contribution is -2.54. The Morgan fingerprint density at radius 1 is 0.784 bits per heavy atom. The molecule has 1 fully saturated rings. The van der Waals surface area contributed by atoms with Gasteiger partial charge in [-0.25, -0.2) is 0 Å². The number of ether oxygens (including phenoxy) is 3. The van der Waals surface area contributed by atoms with Crippen LogP contribution in [0, 0.1) is 0 Å². The normalized spacial score (nSPS) is 15.6. The summed E-state index contributed by atoms with van der Waals surface area (Å²) in [5.74, 6) is 2.04. The highest BCUT2D eigenvalue weighted by Crippen LogP contribution is 2.24. The second kappa shape index (κ2) is 12.5. The fourth-order valence-electron chi connectivity index (χ4n) is 4.66. The molecule has 0 unspecified atom stereocenters. The maximum absolute atomic E-state index is 9.82. The average molecular weight is 499 g/mol. The molecular weight excluding hydrogens is 464 g/mol. The smallest absolute Gasteiger partial charge is 0.120 e. The second-order valence-corrected chi connectivity index (χ2v) is 9.20. The van der Waals surface area contributed by atoms with Crippen molar-refractivity contribution in [3.05, 3.63) is 96.6 Å². The standard InChI is InChI=1S/C31H34N2O4/c34-31-8-4-3-6-25(31)15-18-35-19-20-36-29-13-10-27(11-14-29)33-17-16-32-22-28(33)23-37-30-12-9-24-5-1-2-7-26(24)21-30/h1-14,21,28,32,34H,15-20,22-23H2/t28-/m1/s1. The van der Waals surface area contributed by atoms with Gasteiger partial charge >= 0.3 is 0 Å². The maximum Gasteiger partial charge on any atom is 0.120 e. The maximum atomic E-state index is 9.82. The number of anilines is 1. The van der Waals surface area contributed by atoms with Gasteiger partial charge in [0.1, 0.15) is 30.5 Å². The molecule has 0 bridgehead atoms. The lowest BCUT2D eigenvalue weighted by Gasteiger charge is -2.37. The summed E-state index contributed by atoms with van der Waals surface area (Å²) in [4.78, 5) is 2.41.